The average Bonchev–Trinajstić information content (AvgIpc) is 2.38. The summed E-state index contributed by atoms with van der Waals surface area (Å²) in [5, 5.41) is 17.2. The molecule has 0 aliphatic heterocycles. The van der Waals surface area contributed by atoms with Gasteiger partial charge in [-0.25, -0.2) is 4.68 Å². The first-order valence-electron chi connectivity index (χ1n) is 3.42. The molecule has 1 aromatic heterocycles. The molecule has 62 valence electrons. The molecule has 1 aromatic rings. The highest BCUT2D eigenvalue weighted by Crippen LogP contribution is 1.96. The SMILES string of the molecule is OCCn1cc(CCBr)nn1. The second-order valence-electron chi connectivity index (χ2n) is 2.14. The summed E-state index contributed by atoms with van der Waals surface area (Å²) in [4.78, 5) is 0. The maximum Gasteiger partial charge on any atom is 0.0835 e. The van der Waals surface area contributed by atoms with E-state index in [9.17, 15) is 0 Å². The molecule has 0 aromatic carbocycles. The van der Waals surface area contributed by atoms with E-state index >= 15 is 0 Å². The average molecular weight is 220 g/mol. The van der Waals surface area contributed by atoms with Gasteiger partial charge in [-0.05, 0) is 0 Å². The van der Waals surface area contributed by atoms with Crippen LogP contribution >= 0.6 is 15.9 Å². The van der Waals surface area contributed by atoms with E-state index < -0.39 is 0 Å². The predicted molar refractivity (Wildman–Crippen MR) is 44.6 cm³/mol. The van der Waals surface area contributed by atoms with Crippen molar-refractivity contribution in [3.8, 4) is 0 Å². The minimum absolute atomic E-state index is 0.108. The van der Waals surface area contributed by atoms with E-state index in [1.165, 1.54) is 0 Å². The summed E-state index contributed by atoms with van der Waals surface area (Å²) in [6.07, 6.45) is 2.73. The van der Waals surface area contributed by atoms with Crippen LogP contribution in [0.1, 0.15) is 5.69 Å². The van der Waals surface area contributed by atoms with Gasteiger partial charge < -0.3 is 5.11 Å². The van der Waals surface area contributed by atoms with E-state index in [0.29, 0.717) is 6.54 Å². The molecule has 0 saturated carbocycles. The van der Waals surface area contributed by atoms with E-state index in [1.807, 2.05) is 6.20 Å². The second kappa shape index (κ2) is 4.46. The number of nitrogens with zero attached hydrogens (tertiary/aromatic N) is 3. The first-order valence-corrected chi connectivity index (χ1v) is 4.55. The Bertz CT molecular complexity index is 193. The fourth-order valence-electron chi connectivity index (χ4n) is 0.762. The van der Waals surface area contributed by atoms with Crippen molar-refractivity contribution in [3.63, 3.8) is 0 Å². The van der Waals surface area contributed by atoms with Gasteiger partial charge in [0.05, 0.1) is 18.8 Å². The fourth-order valence-corrected chi connectivity index (χ4v) is 1.17. The standard InChI is InChI=1S/C6H10BrN3O/c7-2-1-6-5-10(3-4-11)9-8-6/h5,11H,1-4H2. The van der Waals surface area contributed by atoms with E-state index in [2.05, 4.69) is 26.2 Å². The maximum absolute atomic E-state index is 8.56. The Morgan fingerprint density at radius 1 is 1.64 bits per heavy atom. The summed E-state index contributed by atoms with van der Waals surface area (Å²) in [5.74, 6) is 0. The minimum atomic E-state index is 0.108. The van der Waals surface area contributed by atoms with E-state index in [-0.39, 0.29) is 6.61 Å². The number of aromatic nitrogens is 3. The Morgan fingerprint density at radius 2 is 2.45 bits per heavy atom. The molecule has 0 aliphatic carbocycles. The Morgan fingerprint density at radius 3 is 3.09 bits per heavy atom. The summed E-state index contributed by atoms with van der Waals surface area (Å²) in [7, 11) is 0. The number of aryl methyl sites for hydroxylation is 1. The Balaban J connectivity index is 2.51. The quantitative estimate of drug-likeness (QED) is 0.738. The predicted octanol–water partition coefficient (Wildman–Crippen LogP) is 0.208. The molecule has 1 N–H and O–H groups in total. The monoisotopic (exact) mass is 219 g/mol. The van der Waals surface area contributed by atoms with Crippen LogP contribution in [0.4, 0.5) is 0 Å². The van der Waals surface area contributed by atoms with Crippen LogP contribution in [0, 0.1) is 0 Å². The number of aliphatic hydroxyl groups is 1. The van der Waals surface area contributed by atoms with E-state index in [1.54, 1.807) is 4.68 Å². The van der Waals surface area contributed by atoms with Crippen molar-refractivity contribution in [2.24, 2.45) is 0 Å². The molecular formula is C6H10BrN3O. The lowest BCUT2D eigenvalue weighted by atomic mass is 10.4. The third-order valence-corrected chi connectivity index (χ3v) is 1.66. The molecular weight excluding hydrogens is 210 g/mol. The van der Waals surface area contributed by atoms with E-state index in [4.69, 9.17) is 5.11 Å². The van der Waals surface area contributed by atoms with Gasteiger partial charge in [-0.15, -0.1) is 5.10 Å². The van der Waals surface area contributed by atoms with E-state index in [0.717, 1.165) is 17.4 Å². The molecule has 0 saturated heterocycles. The zero-order valence-corrected chi connectivity index (χ0v) is 7.66. The smallest absolute Gasteiger partial charge is 0.0835 e. The molecule has 0 unspecified atom stereocenters. The minimum Gasteiger partial charge on any atom is -0.394 e. The summed E-state index contributed by atoms with van der Waals surface area (Å²) in [5.41, 5.74) is 0.954. The van der Waals surface area contributed by atoms with Crippen LogP contribution < -0.4 is 0 Å². The molecule has 0 aliphatic rings. The lowest BCUT2D eigenvalue weighted by Crippen LogP contribution is -2.02. The van der Waals surface area contributed by atoms with Gasteiger partial charge in [0.25, 0.3) is 0 Å². The zero-order valence-electron chi connectivity index (χ0n) is 6.07. The van der Waals surface area contributed by atoms with Gasteiger partial charge in [0.2, 0.25) is 0 Å². The highest BCUT2D eigenvalue weighted by atomic mass is 79.9. The first kappa shape index (κ1) is 8.67. The molecule has 0 amide bonds. The van der Waals surface area contributed by atoms with Gasteiger partial charge in [-0.1, -0.05) is 21.1 Å². The van der Waals surface area contributed by atoms with Gasteiger partial charge >= 0.3 is 0 Å². The van der Waals surface area contributed by atoms with Gasteiger partial charge in [0.15, 0.2) is 0 Å². The maximum atomic E-state index is 8.56. The van der Waals surface area contributed by atoms with Crippen LogP contribution in [0.25, 0.3) is 0 Å². The van der Waals surface area contributed by atoms with Crippen molar-refractivity contribution in [3.05, 3.63) is 11.9 Å². The Hall–Kier alpha value is -0.420. The first-order chi connectivity index (χ1) is 5.36. The number of rotatable bonds is 4. The molecule has 0 spiro atoms. The van der Waals surface area contributed by atoms with Crippen LogP contribution in [0.3, 0.4) is 0 Å². The van der Waals surface area contributed by atoms with Crippen LogP contribution in [0.15, 0.2) is 6.20 Å². The highest BCUT2D eigenvalue weighted by molar-refractivity contribution is 9.09. The molecule has 0 radical (unpaired) electrons. The van der Waals surface area contributed by atoms with Gasteiger partial charge in [0, 0.05) is 17.9 Å². The van der Waals surface area contributed by atoms with Gasteiger partial charge in [-0.2, -0.15) is 0 Å². The number of halogens is 1. The Labute approximate surface area is 73.3 Å². The summed E-state index contributed by atoms with van der Waals surface area (Å²) >= 11 is 3.31. The van der Waals surface area contributed by atoms with Crippen LogP contribution in [0.5, 0.6) is 0 Å². The third kappa shape index (κ3) is 2.59. The van der Waals surface area contributed by atoms with Crippen molar-refractivity contribution < 1.29 is 5.11 Å². The topological polar surface area (TPSA) is 50.9 Å². The Kier molecular flexibility index (Phi) is 3.51. The molecule has 4 nitrogen and oxygen atoms in total. The molecule has 11 heavy (non-hydrogen) atoms. The molecule has 5 heteroatoms. The zero-order chi connectivity index (χ0) is 8.10. The summed E-state index contributed by atoms with van der Waals surface area (Å²) in [6.45, 7) is 0.631. The highest BCUT2D eigenvalue weighted by Gasteiger charge is 1.97. The molecule has 1 heterocycles. The molecule has 0 bridgehead atoms. The normalized spacial score (nSPS) is 10.4. The fraction of sp³-hybridized carbons (Fsp3) is 0.667. The van der Waals surface area contributed by atoms with Crippen molar-refractivity contribution >= 4 is 15.9 Å². The van der Waals surface area contributed by atoms with Crippen LogP contribution in [0.2, 0.25) is 0 Å². The van der Waals surface area contributed by atoms with Crippen molar-refractivity contribution in [2.45, 2.75) is 13.0 Å². The third-order valence-electron chi connectivity index (χ3n) is 1.27. The van der Waals surface area contributed by atoms with Crippen molar-refractivity contribution in [2.75, 3.05) is 11.9 Å². The molecule has 1 rings (SSSR count). The van der Waals surface area contributed by atoms with Gasteiger partial charge in [-0.3, -0.25) is 0 Å². The van der Waals surface area contributed by atoms with Crippen LogP contribution in [-0.4, -0.2) is 32.0 Å². The summed E-state index contributed by atoms with van der Waals surface area (Å²) < 4.78 is 1.64. The van der Waals surface area contributed by atoms with Crippen molar-refractivity contribution in [1.82, 2.24) is 15.0 Å². The van der Waals surface area contributed by atoms with Crippen LogP contribution in [-0.2, 0) is 13.0 Å². The molecule has 0 atom stereocenters. The number of alkyl halides is 1. The summed E-state index contributed by atoms with van der Waals surface area (Å²) in [6, 6.07) is 0. The lowest BCUT2D eigenvalue weighted by molar-refractivity contribution is 0.268. The number of aliphatic hydroxyl groups excluding tert-OH is 1. The number of hydrogen-bond donors (Lipinski definition) is 1. The second-order valence-corrected chi connectivity index (χ2v) is 2.93. The number of hydrogen-bond acceptors (Lipinski definition) is 3. The largest absolute Gasteiger partial charge is 0.394 e. The molecule has 0 fully saturated rings. The van der Waals surface area contributed by atoms with Gasteiger partial charge in [0.1, 0.15) is 0 Å². The van der Waals surface area contributed by atoms with Crippen molar-refractivity contribution in [1.29, 1.82) is 0 Å². The lowest BCUT2D eigenvalue weighted by Gasteiger charge is -1.91.